The van der Waals surface area contributed by atoms with Crippen molar-refractivity contribution in [2.24, 2.45) is 16.8 Å². The molecule has 0 aliphatic carbocycles. The average molecular weight is 352 g/mol. The molecule has 1 amide bonds. The van der Waals surface area contributed by atoms with Crippen LogP contribution in [0.1, 0.15) is 46.0 Å². The Morgan fingerprint density at radius 2 is 2.00 bits per heavy atom. The second-order valence-corrected chi connectivity index (χ2v) is 8.03. The lowest BCUT2D eigenvalue weighted by atomic mass is 9.92. The molecule has 142 valence electrons. The Hall–Kier alpha value is -1.34. The number of oxime groups is 1. The fraction of sp³-hybridized carbons (Fsp3) is 0.889. The first-order valence-electron chi connectivity index (χ1n) is 9.60. The average Bonchev–Trinajstić information content (AvgIpc) is 2.63. The summed E-state index contributed by atoms with van der Waals surface area (Å²) in [6.07, 6.45) is 5.93. The molecule has 3 aliphatic heterocycles. The van der Waals surface area contributed by atoms with E-state index in [1.807, 2.05) is 13.8 Å². The van der Waals surface area contributed by atoms with Crippen molar-refractivity contribution in [3.63, 3.8) is 0 Å². The first-order valence-corrected chi connectivity index (χ1v) is 9.60. The van der Waals surface area contributed by atoms with E-state index in [1.54, 1.807) is 0 Å². The van der Waals surface area contributed by atoms with Crippen molar-refractivity contribution in [1.29, 1.82) is 0 Å². The van der Waals surface area contributed by atoms with Crippen molar-refractivity contribution in [3.8, 4) is 0 Å². The molecule has 0 bridgehead atoms. The molecule has 2 fully saturated rings. The maximum absolute atomic E-state index is 11.8. The zero-order valence-electron chi connectivity index (χ0n) is 15.6. The van der Waals surface area contributed by atoms with Crippen LogP contribution in [0.3, 0.4) is 0 Å². The van der Waals surface area contributed by atoms with Crippen LogP contribution in [0.5, 0.6) is 0 Å². The Morgan fingerprint density at radius 1 is 1.24 bits per heavy atom. The van der Waals surface area contributed by atoms with Crippen LogP contribution in [0.2, 0.25) is 0 Å². The number of piperidine rings is 2. The minimum absolute atomic E-state index is 0.0464. The molecule has 3 heterocycles. The molecule has 0 aromatic heterocycles. The number of primary amides is 1. The second kappa shape index (κ2) is 7.91. The monoisotopic (exact) mass is 352 g/mol. The van der Waals surface area contributed by atoms with Gasteiger partial charge in [-0.1, -0.05) is 11.6 Å². The van der Waals surface area contributed by atoms with E-state index in [4.69, 9.17) is 15.3 Å². The van der Waals surface area contributed by atoms with Crippen LogP contribution in [-0.4, -0.2) is 72.6 Å². The van der Waals surface area contributed by atoms with Gasteiger partial charge < -0.3 is 15.3 Å². The molecule has 2 atom stereocenters. The number of rotatable bonds is 5. The summed E-state index contributed by atoms with van der Waals surface area (Å²) in [5, 5.41) is 4.19. The summed E-state index contributed by atoms with van der Waals surface area (Å²) in [7, 11) is 0. The molecular formula is C18H32N4O3. The van der Waals surface area contributed by atoms with E-state index in [1.165, 1.54) is 19.3 Å². The Bertz CT molecular complexity index is 503. The zero-order chi connectivity index (χ0) is 17.9. The van der Waals surface area contributed by atoms with Gasteiger partial charge in [0.15, 0.2) is 6.61 Å². The van der Waals surface area contributed by atoms with E-state index in [9.17, 15) is 4.79 Å². The van der Waals surface area contributed by atoms with Crippen molar-refractivity contribution < 1.29 is 14.4 Å². The lowest BCUT2D eigenvalue weighted by molar-refractivity contribution is -0.129. The summed E-state index contributed by atoms with van der Waals surface area (Å²) in [6.45, 7) is 9.10. The Labute approximate surface area is 150 Å². The quantitative estimate of drug-likeness (QED) is 0.803. The number of carbonyl (C=O) groups excluding carboxylic acids is 1. The highest BCUT2D eigenvalue weighted by molar-refractivity contribution is 5.84. The van der Waals surface area contributed by atoms with Gasteiger partial charge in [-0.25, -0.2) is 0 Å². The van der Waals surface area contributed by atoms with E-state index in [0.717, 1.165) is 45.6 Å². The minimum Gasteiger partial charge on any atom is -0.470 e. The SMILES string of the molecule is CC(C)(C(N)=O)N1CCCC(C2=NOCC(CN3CCCCC3)O2)C1. The van der Waals surface area contributed by atoms with Crippen LogP contribution in [0.25, 0.3) is 0 Å². The van der Waals surface area contributed by atoms with E-state index in [0.29, 0.717) is 12.5 Å². The van der Waals surface area contributed by atoms with Gasteiger partial charge in [-0.05, 0) is 59.2 Å². The Kier molecular flexibility index (Phi) is 5.84. The maximum Gasteiger partial charge on any atom is 0.237 e. The molecule has 2 saturated heterocycles. The molecule has 2 unspecified atom stereocenters. The number of hydrogen-bond donors (Lipinski definition) is 1. The van der Waals surface area contributed by atoms with Crippen molar-refractivity contribution >= 4 is 11.8 Å². The molecule has 3 aliphatic rings. The Balaban J connectivity index is 1.57. The molecule has 0 saturated carbocycles. The van der Waals surface area contributed by atoms with Gasteiger partial charge in [0.1, 0.15) is 6.10 Å². The number of nitrogens with zero attached hydrogens (tertiary/aromatic N) is 3. The normalized spacial score (nSPS) is 29.4. The Morgan fingerprint density at radius 3 is 2.72 bits per heavy atom. The van der Waals surface area contributed by atoms with Crippen molar-refractivity contribution in [1.82, 2.24) is 9.80 Å². The second-order valence-electron chi connectivity index (χ2n) is 8.03. The lowest BCUT2D eigenvalue weighted by Crippen LogP contribution is -2.57. The van der Waals surface area contributed by atoms with Crippen LogP contribution in [0.15, 0.2) is 5.16 Å². The maximum atomic E-state index is 11.8. The summed E-state index contributed by atoms with van der Waals surface area (Å²) in [4.78, 5) is 21.9. The molecule has 0 radical (unpaired) electrons. The molecule has 3 rings (SSSR count). The van der Waals surface area contributed by atoms with Gasteiger partial charge in [-0.3, -0.25) is 14.6 Å². The van der Waals surface area contributed by atoms with Crippen LogP contribution >= 0.6 is 0 Å². The van der Waals surface area contributed by atoms with Gasteiger partial charge in [0.2, 0.25) is 11.8 Å². The molecule has 0 aromatic rings. The van der Waals surface area contributed by atoms with Gasteiger partial charge in [-0.15, -0.1) is 0 Å². The predicted molar refractivity (Wildman–Crippen MR) is 96.1 cm³/mol. The molecular weight excluding hydrogens is 320 g/mol. The summed E-state index contributed by atoms with van der Waals surface area (Å²) >= 11 is 0. The largest absolute Gasteiger partial charge is 0.470 e. The number of hydrogen-bond acceptors (Lipinski definition) is 6. The molecule has 0 spiro atoms. The van der Waals surface area contributed by atoms with Crippen LogP contribution in [0.4, 0.5) is 0 Å². The van der Waals surface area contributed by atoms with E-state index in [2.05, 4.69) is 15.0 Å². The van der Waals surface area contributed by atoms with E-state index in [-0.39, 0.29) is 17.9 Å². The summed E-state index contributed by atoms with van der Waals surface area (Å²) in [6, 6.07) is 0. The van der Waals surface area contributed by atoms with Gasteiger partial charge in [0.05, 0.1) is 11.5 Å². The van der Waals surface area contributed by atoms with Gasteiger partial charge in [0, 0.05) is 13.1 Å². The lowest BCUT2D eigenvalue weighted by Gasteiger charge is -2.42. The zero-order valence-corrected chi connectivity index (χ0v) is 15.6. The van der Waals surface area contributed by atoms with E-state index >= 15 is 0 Å². The fourth-order valence-corrected chi connectivity index (χ4v) is 3.94. The van der Waals surface area contributed by atoms with Crippen LogP contribution in [-0.2, 0) is 14.4 Å². The third kappa shape index (κ3) is 4.44. The number of carbonyl (C=O) groups is 1. The molecule has 0 aromatic carbocycles. The number of nitrogens with two attached hydrogens (primary N) is 1. The standard InChI is InChI=1S/C18H32N4O3/c1-18(2,17(19)23)22-10-6-7-14(11-22)16-20-24-13-15(25-16)12-21-8-4-3-5-9-21/h14-15H,3-13H2,1-2H3,(H2,19,23). The van der Waals surface area contributed by atoms with Crippen LogP contribution < -0.4 is 5.73 Å². The van der Waals surface area contributed by atoms with E-state index < -0.39 is 5.54 Å². The third-order valence-electron chi connectivity index (χ3n) is 5.78. The minimum atomic E-state index is -0.651. The van der Waals surface area contributed by atoms with Gasteiger partial charge >= 0.3 is 0 Å². The third-order valence-corrected chi connectivity index (χ3v) is 5.78. The van der Waals surface area contributed by atoms with Gasteiger partial charge in [-0.2, -0.15) is 0 Å². The predicted octanol–water partition coefficient (Wildman–Crippen LogP) is 1.18. The molecule has 7 nitrogen and oxygen atoms in total. The summed E-state index contributed by atoms with van der Waals surface area (Å²) < 4.78 is 6.19. The van der Waals surface area contributed by atoms with Crippen molar-refractivity contribution in [3.05, 3.63) is 0 Å². The molecule has 25 heavy (non-hydrogen) atoms. The highest BCUT2D eigenvalue weighted by Gasteiger charge is 2.39. The smallest absolute Gasteiger partial charge is 0.237 e. The number of ether oxygens (including phenoxy) is 1. The fourth-order valence-electron chi connectivity index (χ4n) is 3.94. The molecule has 7 heteroatoms. The van der Waals surface area contributed by atoms with Crippen LogP contribution in [0, 0.1) is 5.92 Å². The van der Waals surface area contributed by atoms with Crippen molar-refractivity contribution in [2.75, 3.05) is 39.3 Å². The first-order chi connectivity index (χ1) is 12.0. The molecule has 2 N–H and O–H groups in total. The first kappa shape index (κ1) is 18.5. The topological polar surface area (TPSA) is 80.4 Å². The number of amides is 1. The summed E-state index contributed by atoms with van der Waals surface area (Å²) in [5.74, 6) is 0.564. The van der Waals surface area contributed by atoms with Crippen molar-refractivity contribution in [2.45, 2.75) is 57.6 Å². The summed E-state index contributed by atoms with van der Waals surface area (Å²) in [5.41, 5.74) is 4.93. The highest BCUT2D eigenvalue weighted by Crippen LogP contribution is 2.27. The number of likely N-dealkylation sites (tertiary alicyclic amines) is 2. The van der Waals surface area contributed by atoms with Gasteiger partial charge in [0.25, 0.3) is 0 Å². The highest BCUT2D eigenvalue weighted by atomic mass is 16.7.